The molecule has 0 atom stereocenters. The van der Waals surface area contributed by atoms with E-state index >= 15 is 0 Å². The molecule has 2 rings (SSSR count). The number of aliphatic imine (C=N–C) groups is 2. The normalized spacial score (nSPS) is 11.0. The Morgan fingerprint density at radius 3 is 2.18 bits per heavy atom. The molecule has 0 aliphatic rings. The fourth-order valence-electron chi connectivity index (χ4n) is 1.93. The Hall–Kier alpha value is -3.35. The summed E-state index contributed by atoms with van der Waals surface area (Å²) in [4.78, 5) is 18.9. The van der Waals surface area contributed by atoms with Crippen LogP contribution in [-0.4, -0.2) is 23.0 Å². The molecule has 0 unspecified atom stereocenters. The van der Waals surface area contributed by atoms with Crippen molar-refractivity contribution in [2.24, 2.45) is 27.2 Å². The molecule has 2 aromatic rings. The molecule has 0 aliphatic carbocycles. The van der Waals surface area contributed by atoms with Crippen LogP contribution in [0.5, 0.6) is 0 Å². The van der Waals surface area contributed by atoms with E-state index in [9.17, 15) is 9.90 Å². The first-order valence-corrected chi connectivity index (χ1v) is 6.34. The number of hydrogen-bond acceptors (Lipinski definition) is 2. The van der Waals surface area contributed by atoms with Gasteiger partial charge in [-0.3, -0.25) is 0 Å². The summed E-state index contributed by atoms with van der Waals surface area (Å²) >= 11 is 0. The van der Waals surface area contributed by atoms with Gasteiger partial charge in [-0.05, 0) is 29.3 Å². The number of aromatic carboxylic acids is 1. The smallest absolute Gasteiger partial charge is 0.336 e. The summed E-state index contributed by atoms with van der Waals surface area (Å²) in [5, 5.41) is 9.21. The second kappa shape index (κ2) is 6.40. The average Bonchev–Trinajstić information content (AvgIpc) is 2.47. The van der Waals surface area contributed by atoms with Crippen molar-refractivity contribution in [3.8, 4) is 11.1 Å². The summed E-state index contributed by atoms with van der Waals surface area (Å²) in [6.07, 6.45) is 0. The third-order valence-corrected chi connectivity index (χ3v) is 2.82. The van der Waals surface area contributed by atoms with Crippen LogP contribution in [0.4, 0.5) is 5.69 Å². The van der Waals surface area contributed by atoms with Gasteiger partial charge in [0.25, 0.3) is 0 Å². The van der Waals surface area contributed by atoms with Crippen molar-refractivity contribution in [1.29, 1.82) is 0 Å². The monoisotopic (exact) mass is 297 g/mol. The van der Waals surface area contributed by atoms with E-state index in [1.807, 2.05) is 0 Å². The van der Waals surface area contributed by atoms with E-state index in [1.54, 1.807) is 48.5 Å². The van der Waals surface area contributed by atoms with E-state index in [1.165, 1.54) is 0 Å². The molecular weight excluding hydrogens is 282 g/mol. The third kappa shape index (κ3) is 3.60. The molecule has 0 spiro atoms. The first-order valence-electron chi connectivity index (χ1n) is 6.34. The van der Waals surface area contributed by atoms with Crippen LogP contribution in [0, 0.1) is 0 Å². The second-order valence-electron chi connectivity index (χ2n) is 4.40. The predicted octanol–water partition coefficient (Wildman–Crippen LogP) is 1.27. The molecule has 7 nitrogen and oxygen atoms in total. The lowest BCUT2D eigenvalue weighted by Crippen LogP contribution is -2.26. The minimum atomic E-state index is -0.977. The quantitative estimate of drug-likeness (QED) is 0.499. The third-order valence-electron chi connectivity index (χ3n) is 2.82. The fourth-order valence-corrected chi connectivity index (χ4v) is 1.93. The maximum absolute atomic E-state index is 11.2. The molecule has 0 aromatic heterocycles. The Morgan fingerprint density at radius 2 is 1.59 bits per heavy atom. The van der Waals surface area contributed by atoms with Gasteiger partial charge >= 0.3 is 5.97 Å². The van der Waals surface area contributed by atoms with Crippen molar-refractivity contribution in [3.05, 3.63) is 54.1 Å². The highest BCUT2D eigenvalue weighted by molar-refractivity contribution is 5.96. The van der Waals surface area contributed by atoms with Crippen LogP contribution in [0.3, 0.4) is 0 Å². The van der Waals surface area contributed by atoms with Gasteiger partial charge in [0.2, 0.25) is 5.96 Å². The molecule has 0 aliphatic heterocycles. The SMILES string of the molecule is NC(N)=NC(N)=Nc1ccc(-c2ccccc2C(=O)O)cc1. The van der Waals surface area contributed by atoms with Crippen molar-refractivity contribution in [1.82, 2.24) is 0 Å². The standard InChI is InChI=1S/C15H15N5O2/c16-14(17)20-15(18)19-10-7-5-9(6-8-10)11-3-1-2-4-12(11)13(21)22/h1-8H,(H,21,22)(H6,16,17,18,19,20). The molecule has 0 saturated heterocycles. The number of carboxylic acid groups (broad SMARTS) is 1. The van der Waals surface area contributed by atoms with Crippen LogP contribution in [-0.2, 0) is 0 Å². The summed E-state index contributed by atoms with van der Waals surface area (Å²) in [6, 6.07) is 13.7. The summed E-state index contributed by atoms with van der Waals surface area (Å²) in [6.45, 7) is 0. The van der Waals surface area contributed by atoms with Crippen LogP contribution in [0.15, 0.2) is 58.5 Å². The molecule has 22 heavy (non-hydrogen) atoms. The number of carboxylic acids is 1. The van der Waals surface area contributed by atoms with E-state index in [4.69, 9.17) is 17.2 Å². The Kier molecular flexibility index (Phi) is 4.38. The highest BCUT2D eigenvalue weighted by atomic mass is 16.4. The number of nitrogens with two attached hydrogens (primary N) is 3. The predicted molar refractivity (Wildman–Crippen MR) is 85.9 cm³/mol. The molecule has 0 fully saturated rings. The Labute approximate surface area is 126 Å². The van der Waals surface area contributed by atoms with Crippen molar-refractivity contribution in [2.45, 2.75) is 0 Å². The Balaban J connectivity index is 2.34. The molecule has 0 heterocycles. The van der Waals surface area contributed by atoms with Gasteiger partial charge in [0.1, 0.15) is 0 Å². The lowest BCUT2D eigenvalue weighted by atomic mass is 10.00. The molecule has 0 radical (unpaired) electrons. The van der Waals surface area contributed by atoms with E-state index in [-0.39, 0.29) is 17.5 Å². The molecule has 0 saturated carbocycles. The number of guanidine groups is 2. The zero-order valence-electron chi connectivity index (χ0n) is 11.6. The van der Waals surface area contributed by atoms with Crippen molar-refractivity contribution in [3.63, 3.8) is 0 Å². The minimum Gasteiger partial charge on any atom is -0.478 e. The lowest BCUT2D eigenvalue weighted by Gasteiger charge is -2.06. The van der Waals surface area contributed by atoms with Gasteiger partial charge in [0.05, 0.1) is 11.3 Å². The van der Waals surface area contributed by atoms with E-state index < -0.39 is 5.97 Å². The van der Waals surface area contributed by atoms with Gasteiger partial charge in [-0.15, -0.1) is 0 Å². The van der Waals surface area contributed by atoms with Gasteiger partial charge in [-0.2, -0.15) is 4.99 Å². The zero-order chi connectivity index (χ0) is 16.1. The number of hydrogen-bond donors (Lipinski definition) is 4. The van der Waals surface area contributed by atoms with E-state index in [0.29, 0.717) is 11.3 Å². The van der Waals surface area contributed by atoms with Crippen molar-refractivity contribution in [2.75, 3.05) is 0 Å². The molecule has 7 N–H and O–H groups in total. The lowest BCUT2D eigenvalue weighted by molar-refractivity contribution is 0.0697. The van der Waals surface area contributed by atoms with Gasteiger partial charge < -0.3 is 22.3 Å². The highest BCUT2D eigenvalue weighted by Gasteiger charge is 2.10. The van der Waals surface area contributed by atoms with Crippen LogP contribution in [0.1, 0.15) is 10.4 Å². The van der Waals surface area contributed by atoms with Crippen molar-refractivity contribution < 1.29 is 9.90 Å². The maximum Gasteiger partial charge on any atom is 0.336 e. The number of nitrogens with zero attached hydrogens (tertiary/aromatic N) is 2. The van der Waals surface area contributed by atoms with Gasteiger partial charge in [0.15, 0.2) is 5.96 Å². The van der Waals surface area contributed by atoms with E-state index in [2.05, 4.69) is 9.98 Å². The second-order valence-corrected chi connectivity index (χ2v) is 4.40. The summed E-state index contributed by atoms with van der Waals surface area (Å²) in [5.41, 5.74) is 18.1. The van der Waals surface area contributed by atoms with Crippen LogP contribution in [0.2, 0.25) is 0 Å². The number of carbonyl (C=O) groups is 1. The average molecular weight is 297 g/mol. The summed E-state index contributed by atoms with van der Waals surface area (Å²) in [5.74, 6) is -1.21. The Bertz CT molecular complexity index is 747. The van der Waals surface area contributed by atoms with Gasteiger partial charge in [0, 0.05) is 0 Å². The molecule has 7 heteroatoms. The summed E-state index contributed by atoms with van der Waals surface area (Å²) in [7, 11) is 0. The summed E-state index contributed by atoms with van der Waals surface area (Å²) < 4.78 is 0. The number of benzene rings is 2. The van der Waals surface area contributed by atoms with Crippen LogP contribution in [0.25, 0.3) is 11.1 Å². The molecular formula is C15H15N5O2. The minimum absolute atomic E-state index is 0.0568. The molecule has 0 amide bonds. The number of rotatable bonds is 3. The molecule has 0 bridgehead atoms. The van der Waals surface area contributed by atoms with Crippen molar-refractivity contribution >= 4 is 23.6 Å². The molecule has 112 valence electrons. The maximum atomic E-state index is 11.2. The van der Waals surface area contributed by atoms with Gasteiger partial charge in [-0.25, -0.2) is 9.79 Å². The fraction of sp³-hybridized carbons (Fsp3) is 0. The highest BCUT2D eigenvalue weighted by Crippen LogP contribution is 2.26. The Morgan fingerprint density at radius 1 is 0.955 bits per heavy atom. The van der Waals surface area contributed by atoms with Crippen LogP contribution >= 0.6 is 0 Å². The first-order chi connectivity index (χ1) is 10.5. The first kappa shape index (κ1) is 15.0. The zero-order valence-corrected chi connectivity index (χ0v) is 11.6. The van der Waals surface area contributed by atoms with Gasteiger partial charge in [-0.1, -0.05) is 30.3 Å². The largest absolute Gasteiger partial charge is 0.478 e. The molecule has 2 aromatic carbocycles. The van der Waals surface area contributed by atoms with E-state index in [0.717, 1.165) is 5.56 Å². The van der Waals surface area contributed by atoms with Crippen LogP contribution < -0.4 is 17.2 Å². The topological polar surface area (TPSA) is 140 Å².